The number of nitrogens with one attached hydrogen (secondary N) is 1. The van der Waals surface area contributed by atoms with Gasteiger partial charge in [0.25, 0.3) is 0 Å². The Morgan fingerprint density at radius 2 is 2.29 bits per heavy atom. The number of nitrogens with zero attached hydrogens (tertiary/aromatic N) is 2. The highest BCUT2D eigenvalue weighted by Crippen LogP contribution is 2.44. The summed E-state index contributed by atoms with van der Waals surface area (Å²) < 4.78 is 10.7. The van der Waals surface area contributed by atoms with E-state index in [1.807, 2.05) is 0 Å². The van der Waals surface area contributed by atoms with Crippen molar-refractivity contribution in [2.24, 2.45) is 5.73 Å². The Kier molecular flexibility index (Phi) is 4.04. The summed E-state index contributed by atoms with van der Waals surface area (Å²) >= 11 is 0. The number of aryl methyl sites for hydroxylation is 1. The summed E-state index contributed by atoms with van der Waals surface area (Å²) in [7, 11) is 1.48. The van der Waals surface area contributed by atoms with Gasteiger partial charge in [-0.3, -0.25) is 5.10 Å². The number of phenolic OH excluding ortho intramolecular Hbond substituents is 1. The van der Waals surface area contributed by atoms with E-state index >= 15 is 0 Å². The third-order valence-corrected chi connectivity index (χ3v) is 4.05. The predicted molar refractivity (Wildman–Crippen MR) is 86.5 cm³/mol. The largest absolute Gasteiger partial charge is 0.504 e. The number of benzene rings is 1. The lowest BCUT2D eigenvalue weighted by atomic mass is 9.83. The van der Waals surface area contributed by atoms with Crippen molar-refractivity contribution in [3.05, 3.63) is 46.5 Å². The molecular weight excluding hydrogens is 308 g/mol. The monoisotopic (exact) mass is 326 g/mol. The van der Waals surface area contributed by atoms with Gasteiger partial charge in [-0.05, 0) is 24.1 Å². The molecule has 2 aromatic rings. The molecule has 0 saturated heterocycles. The van der Waals surface area contributed by atoms with Crippen LogP contribution >= 0.6 is 0 Å². The molecule has 0 spiro atoms. The van der Waals surface area contributed by atoms with Crippen LogP contribution in [0.25, 0.3) is 0 Å². The van der Waals surface area contributed by atoms with Gasteiger partial charge < -0.3 is 20.3 Å². The zero-order chi connectivity index (χ0) is 17.3. The van der Waals surface area contributed by atoms with E-state index in [2.05, 4.69) is 23.2 Å². The van der Waals surface area contributed by atoms with Crippen molar-refractivity contribution in [1.82, 2.24) is 10.2 Å². The van der Waals surface area contributed by atoms with Gasteiger partial charge in [0.2, 0.25) is 11.8 Å². The molecule has 124 valence electrons. The number of ether oxygens (including phenoxy) is 2. The zero-order valence-electron chi connectivity index (χ0n) is 13.5. The van der Waals surface area contributed by atoms with E-state index in [1.165, 1.54) is 13.2 Å². The second-order valence-electron chi connectivity index (χ2n) is 5.53. The van der Waals surface area contributed by atoms with Gasteiger partial charge in [0, 0.05) is 11.3 Å². The predicted octanol–water partition coefficient (Wildman–Crippen LogP) is 2.29. The van der Waals surface area contributed by atoms with Gasteiger partial charge in [-0.2, -0.15) is 5.26 Å². The number of rotatable bonds is 4. The first-order chi connectivity index (χ1) is 11.6. The van der Waals surface area contributed by atoms with E-state index in [4.69, 9.17) is 15.2 Å². The van der Waals surface area contributed by atoms with Gasteiger partial charge in [-0.15, -0.1) is 5.10 Å². The first kappa shape index (κ1) is 15.7. The maximum absolute atomic E-state index is 9.83. The molecule has 0 aliphatic carbocycles. The SMILES string of the molecule is CCCc1[nH]nc2c1[C@@H](c1ccc(O)c(OC)c1)C(C#N)=C(N)O2. The summed E-state index contributed by atoms with van der Waals surface area (Å²) in [6.45, 7) is 2.06. The van der Waals surface area contributed by atoms with Crippen molar-refractivity contribution in [2.75, 3.05) is 7.11 Å². The molecule has 4 N–H and O–H groups in total. The molecule has 2 heterocycles. The van der Waals surface area contributed by atoms with Crippen LogP contribution in [0.5, 0.6) is 17.4 Å². The highest BCUT2D eigenvalue weighted by atomic mass is 16.5. The van der Waals surface area contributed by atoms with Crippen molar-refractivity contribution in [3.63, 3.8) is 0 Å². The van der Waals surface area contributed by atoms with Crippen molar-refractivity contribution < 1.29 is 14.6 Å². The molecule has 24 heavy (non-hydrogen) atoms. The summed E-state index contributed by atoms with van der Waals surface area (Å²) in [5.41, 5.74) is 8.71. The number of aromatic amines is 1. The van der Waals surface area contributed by atoms with E-state index < -0.39 is 5.92 Å². The van der Waals surface area contributed by atoms with Crippen LogP contribution in [0.2, 0.25) is 0 Å². The Labute approximate surface area is 139 Å². The number of aromatic nitrogens is 2. The van der Waals surface area contributed by atoms with Crippen LogP contribution in [-0.2, 0) is 6.42 Å². The smallest absolute Gasteiger partial charge is 0.244 e. The van der Waals surface area contributed by atoms with E-state index in [9.17, 15) is 10.4 Å². The first-order valence-electron chi connectivity index (χ1n) is 7.62. The lowest BCUT2D eigenvalue weighted by molar-refractivity contribution is 0.370. The molecule has 3 rings (SSSR count). The Bertz CT molecular complexity index is 848. The number of fused-ring (bicyclic) bond motifs is 1. The third-order valence-electron chi connectivity index (χ3n) is 4.05. The van der Waals surface area contributed by atoms with E-state index in [1.54, 1.807) is 12.1 Å². The highest BCUT2D eigenvalue weighted by molar-refractivity contribution is 5.57. The molecule has 1 aliphatic rings. The Morgan fingerprint density at radius 3 is 2.96 bits per heavy atom. The van der Waals surface area contributed by atoms with Gasteiger partial charge in [0.1, 0.15) is 11.6 Å². The number of hydrogen-bond acceptors (Lipinski definition) is 6. The number of nitriles is 1. The van der Waals surface area contributed by atoms with Crippen LogP contribution in [0.4, 0.5) is 0 Å². The molecule has 1 aromatic heterocycles. The average Bonchev–Trinajstić information content (AvgIpc) is 2.97. The number of hydrogen-bond donors (Lipinski definition) is 3. The van der Waals surface area contributed by atoms with Crippen LogP contribution in [0.1, 0.15) is 36.1 Å². The Hall–Kier alpha value is -3.14. The fourth-order valence-corrected chi connectivity index (χ4v) is 2.96. The van der Waals surface area contributed by atoms with Gasteiger partial charge >= 0.3 is 0 Å². The van der Waals surface area contributed by atoms with Gasteiger partial charge in [-0.25, -0.2) is 0 Å². The minimum atomic E-state index is -0.423. The van der Waals surface area contributed by atoms with Crippen LogP contribution in [-0.4, -0.2) is 22.4 Å². The maximum atomic E-state index is 9.83. The fourth-order valence-electron chi connectivity index (χ4n) is 2.96. The molecule has 7 nitrogen and oxygen atoms in total. The number of phenols is 1. The van der Waals surface area contributed by atoms with Gasteiger partial charge in [0.15, 0.2) is 11.5 Å². The van der Waals surface area contributed by atoms with Crippen molar-refractivity contribution in [3.8, 4) is 23.4 Å². The minimum Gasteiger partial charge on any atom is -0.504 e. The van der Waals surface area contributed by atoms with E-state index in [0.717, 1.165) is 29.7 Å². The topological polar surface area (TPSA) is 117 Å². The molecule has 1 atom stereocenters. The number of nitrogens with two attached hydrogens (primary N) is 1. The lowest BCUT2D eigenvalue weighted by Gasteiger charge is -2.24. The molecular formula is C17H18N4O3. The van der Waals surface area contributed by atoms with Gasteiger partial charge in [-0.1, -0.05) is 19.4 Å². The minimum absolute atomic E-state index is 0.0324. The van der Waals surface area contributed by atoms with E-state index in [-0.39, 0.29) is 11.6 Å². The van der Waals surface area contributed by atoms with E-state index in [0.29, 0.717) is 17.2 Å². The fraction of sp³-hybridized carbons (Fsp3) is 0.294. The quantitative estimate of drug-likeness (QED) is 0.793. The molecule has 1 aromatic carbocycles. The number of methoxy groups -OCH3 is 1. The Balaban J connectivity index is 2.21. The summed E-state index contributed by atoms with van der Waals surface area (Å²) in [5, 5.41) is 26.6. The zero-order valence-corrected chi connectivity index (χ0v) is 13.5. The van der Waals surface area contributed by atoms with Crippen molar-refractivity contribution in [1.29, 1.82) is 5.26 Å². The molecule has 0 bridgehead atoms. The molecule has 0 saturated carbocycles. The molecule has 0 amide bonds. The van der Waals surface area contributed by atoms with Crippen molar-refractivity contribution >= 4 is 0 Å². The molecule has 0 unspecified atom stereocenters. The summed E-state index contributed by atoms with van der Waals surface area (Å²) in [4.78, 5) is 0. The molecule has 0 radical (unpaired) electrons. The van der Waals surface area contributed by atoms with Crippen LogP contribution < -0.4 is 15.2 Å². The normalized spacial score (nSPS) is 16.3. The summed E-state index contributed by atoms with van der Waals surface area (Å²) in [6.07, 6.45) is 1.69. The van der Waals surface area contributed by atoms with Crippen LogP contribution in [0.15, 0.2) is 29.7 Å². The highest BCUT2D eigenvalue weighted by Gasteiger charge is 2.35. The molecule has 7 heteroatoms. The number of H-pyrrole nitrogens is 1. The Morgan fingerprint density at radius 1 is 1.50 bits per heavy atom. The van der Waals surface area contributed by atoms with Crippen molar-refractivity contribution in [2.45, 2.75) is 25.7 Å². The standard InChI is InChI=1S/C17H18N4O3/c1-3-4-11-15-14(9-5-6-12(22)13(7-9)23-2)10(8-18)16(19)24-17(15)21-20-11/h5-7,14,22H,3-4,19H2,1-2H3,(H,20,21)/t14-/m0/s1. The first-order valence-corrected chi connectivity index (χ1v) is 7.62. The number of allylic oxidation sites excluding steroid dienone is 1. The molecule has 0 fully saturated rings. The third kappa shape index (κ3) is 2.42. The average molecular weight is 326 g/mol. The maximum Gasteiger partial charge on any atom is 0.244 e. The van der Waals surface area contributed by atoms with Crippen LogP contribution in [0, 0.1) is 11.3 Å². The van der Waals surface area contributed by atoms with Crippen LogP contribution in [0.3, 0.4) is 0 Å². The number of aromatic hydroxyl groups is 1. The molecule has 1 aliphatic heterocycles. The van der Waals surface area contributed by atoms with Gasteiger partial charge in [0.05, 0.1) is 13.0 Å². The lowest BCUT2D eigenvalue weighted by Crippen LogP contribution is -2.21. The second kappa shape index (κ2) is 6.16. The second-order valence-corrected chi connectivity index (χ2v) is 5.53. The summed E-state index contributed by atoms with van der Waals surface area (Å²) in [6, 6.07) is 7.11. The summed E-state index contributed by atoms with van der Waals surface area (Å²) in [5.74, 6) is 0.360.